The second-order valence-electron chi connectivity index (χ2n) is 3.56. The summed E-state index contributed by atoms with van der Waals surface area (Å²) >= 11 is 0. The summed E-state index contributed by atoms with van der Waals surface area (Å²) in [7, 11) is -4.30. The van der Waals surface area contributed by atoms with Crippen LogP contribution in [-0.2, 0) is 16.0 Å². The Balaban J connectivity index is 3.49. The van der Waals surface area contributed by atoms with E-state index in [2.05, 4.69) is 0 Å². The topological polar surface area (TPSA) is 57.9 Å². The van der Waals surface area contributed by atoms with Gasteiger partial charge < -0.3 is 0 Å². The molecule has 1 atom stereocenters. The Bertz CT molecular complexity index is 573. The van der Waals surface area contributed by atoms with Gasteiger partial charge >= 0.3 is 6.18 Å². The molecule has 1 unspecified atom stereocenters. The van der Waals surface area contributed by atoms with Crippen LogP contribution in [0.25, 0.3) is 0 Å². The minimum Gasteiger partial charge on any atom is -0.222 e. The third-order valence-corrected chi connectivity index (χ3v) is 4.55. The predicted molar refractivity (Wildman–Crippen MR) is 58.3 cm³/mol. The van der Waals surface area contributed by atoms with E-state index < -0.39 is 31.7 Å². The molecule has 0 amide bonds. The van der Waals surface area contributed by atoms with Crippen LogP contribution in [0.2, 0.25) is 0 Å². The molecule has 0 heterocycles. The van der Waals surface area contributed by atoms with Gasteiger partial charge in [0.25, 0.3) is 0 Å². The summed E-state index contributed by atoms with van der Waals surface area (Å²) in [5.74, 6) is 0. The zero-order valence-corrected chi connectivity index (χ0v) is 10.2. The van der Waals surface area contributed by atoms with Crippen LogP contribution in [-0.4, -0.2) is 13.7 Å². The predicted octanol–water partition coefficient (Wildman–Crippen LogP) is 2.78. The van der Waals surface area contributed by atoms with Crippen molar-refractivity contribution in [1.82, 2.24) is 0 Å². The van der Waals surface area contributed by atoms with E-state index in [1.165, 1.54) is 19.1 Å². The first-order valence-corrected chi connectivity index (χ1v) is 6.59. The summed E-state index contributed by atoms with van der Waals surface area (Å²) in [6.45, 7) is 1.43. The van der Waals surface area contributed by atoms with Crippen molar-refractivity contribution >= 4 is 9.84 Å². The third-order valence-electron chi connectivity index (χ3n) is 2.39. The number of halogens is 3. The van der Waals surface area contributed by atoms with Gasteiger partial charge in [-0.05, 0) is 18.6 Å². The van der Waals surface area contributed by atoms with E-state index in [1.807, 2.05) is 0 Å². The first-order valence-electron chi connectivity index (χ1n) is 5.05. The largest absolute Gasteiger partial charge is 0.417 e. The quantitative estimate of drug-likeness (QED) is 0.853. The number of nitrogens with zero attached hydrogens (tertiary/aromatic N) is 1. The Hall–Kier alpha value is -1.55. The maximum Gasteiger partial charge on any atom is 0.417 e. The van der Waals surface area contributed by atoms with E-state index >= 15 is 0 Å². The maximum absolute atomic E-state index is 12.7. The molecule has 0 saturated carbocycles. The van der Waals surface area contributed by atoms with Crippen molar-refractivity contribution in [3.05, 3.63) is 29.8 Å². The van der Waals surface area contributed by atoms with Gasteiger partial charge in [-0.2, -0.15) is 18.4 Å². The number of alkyl halides is 3. The monoisotopic (exact) mass is 277 g/mol. The molecule has 1 aromatic rings. The van der Waals surface area contributed by atoms with Crippen LogP contribution in [0.3, 0.4) is 0 Å². The number of rotatable bonds is 3. The highest BCUT2D eigenvalue weighted by Gasteiger charge is 2.39. The van der Waals surface area contributed by atoms with Gasteiger partial charge in [0.2, 0.25) is 0 Å². The van der Waals surface area contributed by atoms with Gasteiger partial charge in [0.15, 0.2) is 15.1 Å². The third kappa shape index (κ3) is 2.64. The SMILES string of the molecule is CCC(C#N)S(=O)(=O)c1ccccc1C(F)(F)F. The fourth-order valence-electron chi connectivity index (χ4n) is 1.48. The van der Waals surface area contributed by atoms with E-state index in [9.17, 15) is 21.6 Å². The maximum atomic E-state index is 12.7. The summed E-state index contributed by atoms with van der Waals surface area (Å²) < 4.78 is 62.0. The smallest absolute Gasteiger partial charge is 0.222 e. The van der Waals surface area contributed by atoms with Crippen LogP contribution < -0.4 is 0 Å². The van der Waals surface area contributed by atoms with Crippen LogP contribution in [0.15, 0.2) is 29.2 Å². The molecular weight excluding hydrogens is 267 g/mol. The Morgan fingerprint density at radius 3 is 2.33 bits per heavy atom. The standard InChI is InChI=1S/C11H10F3NO2S/c1-2-8(7-15)18(16,17)10-6-4-3-5-9(10)11(12,13)14/h3-6,8H,2H2,1H3. The van der Waals surface area contributed by atoms with Crippen LogP contribution in [0, 0.1) is 11.3 Å². The van der Waals surface area contributed by atoms with Gasteiger partial charge in [0, 0.05) is 0 Å². The minimum atomic E-state index is -4.77. The zero-order valence-electron chi connectivity index (χ0n) is 9.40. The van der Waals surface area contributed by atoms with Crippen molar-refractivity contribution in [1.29, 1.82) is 5.26 Å². The van der Waals surface area contributed by atoms with Gasteiger partial charge in [0.1, 0.15) is 0 Å². The molecule has 7 heteroatoms. The molecule has 3 nitrogen and oxygen atoms in total. The van der Waals surface area contributed by atoms with Crippen molar-refractivity contribution in [2.45, 2.75) is 29.7 Å². The van der Waals surface area contributed by atoms with Crippen molar-refractivity contribution in [3.63, 3.8) is 0 Å². The first-order chi connectivity index (χ1) is 8.25. The van der Waals surface area contributed by atoms with Gasteiger partial charge in [-0.1, -0.05) is 19.1 Å². The average Bonchev–Trinajstić information content (AvgIpc) is 2.29. The lowest BCUT2D eigenvalue weighted by Crippen LogP contribution is -2.22. The minimum absolute atomic E-state index is 0.0645. The van der Waals surface area contributed by atoms with Crippen molar-refractivity contribution in [2.75, 3.05) is 0 Å². The number of benzene rings is 1. The van der Waals surface area contributed by atoms with Gasteiger partial charge in [-0.15, -0.1) is 0 Å². The molecule has 0 radical (unpaired) electrons. The van der Waals surface area contributed by atoms with Crippen LogP contribution in [0.1, 0.15) is 18.9 Å². The lowest BCUT2D eigenvalue weighted by atomic mass is 10.2. The summed E-state index contributed by atoms with van der Waals surface area (Å²) in [6.07, 6.45) is -4.83. The van der Waals surface area contributed by atoms with Gasteiger partial charge in [-0.25, -0.2) is 8.42 Å². The number of hydrogen-bond acceptors (Lipinski definition) is 3. The van der Waals surface area contributed by atoms with E-state index in [4.69, 9.17) is 5.26 Å². The molecule has 0 aromatic heterocycles. The molecule has 1 aromatic carbocycles. The zero-order chi connectivity index (χ0) is 14.0. The molecule has 0 aliphatic heterocycles. The summed E-state index contributed by atoms with van der Waals surface area (Å²) in [5.41, 5.74) is -1.24. The second-order valence-corrected chi connectivity index (χ2v) is 5.66. The number of nitriles is 1. The van der Waals surface area contributed by atoms with Crippen LogP contribution in [0.4, 0.5) is 13.2 Å². The van der Waals surface area contributed by atoms with Crippen molar-refractivity contribution in [3.8, 4) is 6.07 Å². The molecule has 0 aliphatic rings. The van der Waals surface area contributed by atoms with Gasteiger partial charge in [-0.3, -0.25) is 0 Å². The molecule has 0 fully saturated rings. The highest BCUT2D eigenvalue weighted by atomic mass is 32.2. The molecule has 1 rings (SSSR count). The van der Waals surface area contributed by atoms with E-state index in [1.54, 1.807) is 0 Å². The molecule has 0 bridgehead atoms. The Labute approximate surface area is 103 Å². The number of sulfone groups is 1. The lowest BCUT2D eigenvalue weighted by molar-refractivity contribution is -0.139. The first kappa shape index (κ1) is 14.5. The second kappa shape index (κ2) is 4.98. The fraction of sp³-hybridized carbons (Fsp3) is 0.364. The fourth-order valence-corrected chi connectivity index (χ4v) is 3.12. The Morgan fingerprint density at radius 1 is 1.33 bits per heavy atom. The molecule has 0 N–H and O–H groups in total. The number of hydrogen-bond donors (Lipinski definition) is 0. The normalized spacial score (nSPS) is 13.9. The van der Waals surface area contributed by atoms with E-state index in [0.29, 0.717) is 6.07 Å². The highest BCUT2D eigenvalue weighted by Crippen LogP contribution is 2.35. The lowest BCUT2D eigenvalue weighted by Gasteiger charge is -2.14. The highest BCUT2D eigenvalue weighted by molar-refractivity contribution is 7.92. The van der Waals surface area contributed by atoms with Crippen molar-refractivity contribution < 1.29 is 21.6 Å². The van der Waals surface area contributed by atoms with E-state index in [0.717, 1.165) is 12.1 Å². The molecule has 18 heavy (non-hydrogen) atoms. The molecule has 98 valence electrons. The molecule has 0 aliphatic carbocycles. The van der Waals surface area contributed by atoms with E-state index in [-0.39, 0.29) is 6.42 Å². The van der Waals surface area contributed by atoms with Crippen LogP contribution in [0.5, 0.6) is 0 Å². The Kier molecular flexibility index (Phi) is 4.02. The average molecular weight is 277 g/mol. The van der Waals surface area contributed by atoms with Gasteiger partial charge in [0.05, 0.1) is 16.5 Å². The molecular formula is C11H10F3NO2S. The molecule has 0 spiro atoms. The summed E-state index contributed by atoms with van der Waals surface area (Å²) in [4.78, 5) is -0.842. The summed E-state index contributed by atoms with van der Waals surface area (Å²) in [6, 6.07) is 5.39. The summed E-state index contributed by atoms with van der Waals surface area (Å²) in [5, 5.41) is 7.23. The van der Waals surface area contributed by atoms with Crippen LogP contribution >= 0.6 is 0 Å². The molecule has 0 saturated heterocycles. The Morgan fingerprint density at radius 2 is 1.89 bits per heavy atom. The van der Waals surface area contributed by atoms with Crippen molar-refractivity contribution in [2.24, 2.45) is 0 Å².